The van der Waals surface area contributed by atoms with Crippen molar-refractivity contribution in [2.75, 3.05) is 39.5 Å². The molecule has 4 nitrogen and oxygen atoms in total. The van der Waals surface area contributed by atoms with Crippen LogP contribution in [0, 0.1) is 0 Å². The highest BCUT2D eigenvalue weighted by molar-refractivity contribution is 4.73. The second-order valence-corrected chi connectivity index (χ2v) is 3.95. The minimum Gasteiger partial charge on any atom is -0.377 e. The molecule has 0 aliphatic carbocycles. The van der Waals surface area contributed by atoms with Crippen molar-refractivity contribution >= 4 is 0 Å². The largest absolute Gasteiger partial charge is 0.377 e. The van der Waals surface area contributed by atoms with Gasteiger partial charge >= 0.3 is 0 Å². The SMILES string of the molecule is CC(C)N1CCOC(COCCN)C1. The van der Waals surface area contributed by atoms with Crippen LogP contribution in [0.3, 0.4) is 0 Å². The topological polar surface area (TPSA) is 47.7 Å². The molecule has 4 heteroatoms. The van der Waals surface area contributed by atoms with Crippen LogP contribution < -0.4 is 5.73 Å². The van der Waals surface area contributed by atoms with Crippen LogP contribution >= 0.6 is 0 Å². The molecule has 0 saturated carbocycles. The van der Waals surface area contributed by atoms with Crippen molar-refractivity contribution < 1.29 is 9.47 Å². The van der Waals surface area contributed by atoms with Crippen LogP contribution in [0.4, 0.5) is 0 Å². The molecule has 0 aromatic carbocycles. The van der Waals surface area contributed by atoms with E-state index in [2.05, 4.69) is 18.7 Å². The lowest BCUT2D eigenvalue weighted by Gasteiger charge is -2.35. The smallest absolute Gasteiger partial charge is 0.0935 e. The summed E-state index contributed by atoms with van der Waals surface area (Å²) in [5, 5.41) is 0. The van der Waals surface area contributed by atoms with Crippen LogP contribution in [-0.4, -0.2) is 56.5 Å². The highest BCUT2D eigenvalue weighted by atomic mass is 16.5. The Labute approximate surface area is 86.3 Å². The molecule has 1 atom stereocenters. The summed E-state index contributed by atoms with van der Waals surface area (Å²) in [6.07, 6.45) is 0.220. The molecule has 0 bridgehead atoms. The molecule has 1 unspecified atom stereocenters. The fraction of sp³-hybridized carbons (Fsp3) is 1.00. The lowest BCUT2D eigenvalue weighted by molar-refractivity contribution is -0.0749. The molecule has 0 aromatic heterocycles. The lowest BCUT2D eigenvalue weighted by atomic mass is 10.2. The zero-order chi connectivity index (χ0) is 10.4. The second kappa shape index (κ2) is 6.35. The Morgan fingerprint density at radius 1 is 1.57 bits per heavy atom. The third-order valence-corrected chi connectivity index (χ3v) is 2.47. The van der Waals surface area contributed by atoms with Crippen LogP contribution in [-0.2, 0) is 9.47 Å². The maximum absolute atomic E-state index is 5.60. The average molecular weight is 202 g/mol. The summed E-state index contributed by atoms with van der Waals surface area (Å²) < 4.78 is 11.0. The molecular weight excluding hydrogens is 180 g/mol. The summed E-state index contributed by atoms with van der Waals surface area (Å²) in [5.74, 6) is 0. The lowest BCUT2D eigenvalue weighted by Crippen LogP contribution is -2.47. The predicted octanol–water partition coefficient (Wildman–Crippen LogP) is 0.0709. The molecule has 0 spiro atoms. The van der Waals surface area contributed by atoms with Crippen LogP contribution in [0.2, 0.25) is 0 Å². The van der Waals surface area contributed by atoms with E-state index in [0.717, 1.165) is 19.7 Å². The van der Waals surface area contributed by atoms with Gasteiger partial charge in [0.15, 0.2) is 0 Å². The molecule has 84 valence electrons. The van der Waals surface area contributed by atoms with Gasteiger partial charge in [-0.05, 0) is 13.8 Å². The van der Waals surface area contributed by atoms with E-state index in [-0.39, 0.29) is 6.10 Å². The minimum atomic E-state index is 0.220. The Morgan fingerprint density at radius 3 is 3.00 bits per heavy atom. The zero-order valence-corrected chi connectivity index (χ0v) is 9.24. The summed E-state index contributed by atoms with van der Waals surface area (Å²) in [5.41, 5.74) is 5.34. The maximum Gasteiger partial charge on any atom is 0.0935 e. The number of rotatable bonds is 5. The fourth-order valence-electron chi connectivity index (χ4n) is 1.61. The van der Waals surface area contributed by atoms with Gasteiger partial charge in [0.2, 0.25) is 0 Å². The molecular formula is C10H22N2O2. The van der Waals surface area contributed by atoms with Gasteiger partial charge in [-0.3, -0.25) is 4.90 Å². The van der Waals surface area contributed by atoms with E-state index in [9.17, 15) is 0 Å². The standard InChI is InChI=1S/C10H22N2O2/c1-9(2)12-4-6-14-10(7-12)8-13-5-3-11/h9-10H,3-8,11H2,1-2H3. The van der Waals surface area contributed by atoms with E-state index in [0.29, 0.717) is 25.8 Å². The molecule has 1 aliphatic rings. The van der Waals surface area contributed by atoms with Crippen LogP contribution in [0.25, 0.3) is 0 Å². The Kier molecular flexibility index (Phi) is 5.40. The third-order valence-electron chi connectivity index (χ3n) is 2.47. The van der Waals surface area contributed by atoms with Gasteiger partial charge < -0.3 is 15.2 Å². The van der Waals surface area contributed by atoms with Crippen molar-refractivity contribution in [2.45, 2.75) is 26.0 Å². The zero-order valence-electron chi connectivity index (χ0n) is 9.24. The first-order chi connectivity index (χ1) is 6.74. The van der Waals surface area contributed by atoms with E-state index < -0.39 is 0 Å². The molecule has 2 N–H and O–H groups in total. The number of ether oxygens (including phenoxy) is 2. The van der Waals surface area contributed by atoms with Crippen molar-refractivity contribution in [3.8, 4) is 0 Å². The maximum atomic E-state index is 5.60. The van der Waals surface area contributed by atoms with Gasteiger partial charge in [0.25, 0.3) is 0 Å². The first kappa shape index (κ1) is 11.9. The van der Waals surface area contributed by atoms with Gasteiger partial charge in [-0.1, -0.05) is 0 Å². The Morgan fingerprint density at radius 2 is 2.36 bits per heavy atom. The second-order valence-electron chi connectivity index (χ2n) is 3.95. The Balaban J connectivity index is 2.19. The molecule has 1 heterocycles. The quantitative estimate of drug-likeness (QED) is 0.641. The molecule has 14 heavy (non-hydrogen) atoms. The first-order valence-corrected chi connectivity index (χ1v) is 5.37. The predicted molar refractivity (Wildman–Crippen MR) is 56.3 cm³/mol. The molecule has 0 aromatic rings. The summed E-state index contributed by atoms with van der Waals surface area (Å²) in [7, 11) is 0. The third kappa shape index (κ3) is 3.92. The van der Waals surface area contributed by atoms with Crippen LogP contribution in [0.15, 0.2) is 0 Å². The Hall–Kier alpha value is -0.160. The van der Waals surface area contributed by atoms with Gasteiger partial charge in [-0.2, -0.15) is 0 Å². The van der Waals surface area contributed by atoms with Crippen molar-refractivity contribution in [2.24, 2.45) is 5.73 Å². The van der Waals surface area contributed by atoms with E-state index in [1.165, 1.54) is 0 Å². The van der Waals surface area contributed by atoms with Crippen LogP contribution in [0.1, 0.15) is 13.8 Å². The van der Waals surface area contributed by atoms with Gasteiger partial charge in [0.05, 0.1) is 25.9 Å². The number of hydrogen-bond donors (Lipinski definition) is 1. The number of nitrogens with two attached hydrogens (primary N) is 1. The van der Waals surface area contributed by atoms with Crippen molar-refractivity contribution in [3.63, 3.8) is 0 Å². The molecule has 0 amide bonds. The highest BCUT2D eigenvalue weighted by Gasteiger charge is 2.21. The van der Waals surface area contributed by atoms with Gasteiger partial charge in [-0.15, -0.1) is 0 Å². The van der Waals surface area contributed by atoms with Gasteiger partial charge in [0, 0.05) is 25.7 Å². The normalized spacial score (nSPS) is 24.4. The average Bonchev–Trinajstić information content (AvgIpc) is 2.19. The van der Waals surface area contributed by atoms with E-state index in [4.69, 9.17) is 15.2 Å². The number of morpholine rings is 1. The molecule has 1 rings (SSSR count). The highest BCUT2D eigenvalue weighted by Crippen LogP contribution is 2.08. The van der Waals surface area contributed by atoms with Crippen molar-refractivity contribution in [3.05, 3.63) is 0 Å². The number of hydrogen-bond acceptors (Lipinski definition) is 4. The van der Waals surface area contributed by atoms with E-state index in [1.807, 2.05) is 0 Å². The van der Waals surface area contributed by atoms with Crippen molar-refractivity contribution in [1.29, 1.82) is 0 Å². The summed E-state index contributed by atoms with van der Waals surface area (Å²) in [4.78, 5) is 2.42. The van der Waals surface area contributed by atoms with Gasteiger partial charge in [0.1, 0.15) is 0 Å². The molecule has 1 aliphatic heterocycles. The summed E-state index contributed by atoms with van der Waals surface area (Å²) >= 11 is 0. The van der Waals surface area contributed by atoms with Crippen LogP contribution in [0.5, 0.6) is 0 Å². The minimum absolute atomic E-state index is 0.220. The number of nitrogens with zero attached hydrogens (tertiary/aromatic N) is 1. The van der Waals surface area contributed by atoms with E-state index >= 15 is 0 Å². The monoisotopic (exact) mass is 202 g/mol. The van der Waals surface area contributed by atoms with Gasteiger partial charge in [-0.25, -0.2) is 0 Å². The fourth-order valence-corrected chi connectivity index (χ4v) is 1.61. The Bertz CT molecular complexity index is 153. The molecule has 1 fully saturated rings. The van der Waals surface area contributed by atoms with E-state index in [1.54, 1.807) is 0 Å². The molecule has 0 radical (unpaired) electrons. The van der Waals surface area contributed by atoms with Crippen molar-refractivity contribution in [1.82, 2.24) is 4.90 Å². The summed E-state index contributed by atoms with van der Waals surface area (Å²) in [6, 6.07) is 0.593. The molecule has 1 saturated heterocycles. The first-order valence-electron chi connectivity index (χ1n) is 5.37. The summed E-state index contributed by atoms with van der Waals surface area (Å²) in [6.45, 7) is 9.12.